The summed E-state index contributed by atoms with van der Waals surface area (Å²) in [5.74, 6) is -0.284. The van der Waals surface area contributed by atoms with Crippen LogP contribution in [0.1, 0.15) is 17.5 Å². The van der Waals surface area contributed by atoms with Gasteiger partial charge in [-0.1, -0.05) is 42.5 Å². The molecule has 2 aromatic rings. The van der Waals surface area contributed by atoms with Gasteiger partial charge in [-0.2, -0.15) is 0 Å². The molecule has 0 aliphatic carbocycles. The Kier molecular flexibility index (Phi) is 4.96. The fourth-order valence-corrected chi connectivity index (χ4v) is 3.93. The highest BCUT2D eigenvalue weighted by Gasteiger charge is 2.52. The maximum Gasteiger partial charge on any atom is 0.410 e. The molecule has 136 valence electrons. The second kappa shape index (κ2) is 7.37. The highest BCUT2D eigenvalue weighted by Crippen LogP contribution is 2.38. The minimum Gasteiger partial charge on any atom is -0.445 e. The van der Waals surface area contributed by atoms with Crippen molar-refractivity contribution in [1.82, 2.24) is 4.90 Å². The number of rotatable bonds is 4. The summed E-state index contributed by atoms with van der Waals surface area (Å²) in [6.07, 6.45) is 0.970. The Morgan fingerprint density at radius 3 is 2.85 bits per heavy atom. The zero-order valence-corrected chi connectivity index (χ0v) is 15.7. The van der Waals surface area contributed by atoms with Gasteiger partial charge in [-0.25, -0.2) is 9.18 Å². The monoisotopic (exact) mass is 419 g/mol. The van der Waals surface area contributed by atoms with Gasteiger partial charge in [0, 0.05) is 6.54 Å². The number of hydrogen-bond donors (Lipinski definition) is 0. The number of piperidine rings is 1. The SMILES string of the molecule is O=C(OCc1ccccc1)N1CC[C@@H]2OC2C1Cc1cccc(Br)c1F. The molecule has 0 aromatic heterocycles. The minimum absolute atomic E-state index is 0.0357. The van der Waals surface area contributed by atoms with E-state index in [4.69, 9.17) is 9.47 Å². The quantitative estimate of drug-likeness (QED) is 0.693. The highest BCUT2D eigenvalue weighted by atomic mass is 79.9. The van der Waals surface area contributed by atoms with E-state index in [2.05, 4.69) is 15.9 Å². The molecule has 0 saturated carbocycles. The number of likely N-dealkylation sites (tertiary alicyclic amines) is 1. The van der Waals surface area contributed by atoms with Crippen LogP contribution < -0.4 is 0 Å². The molecule has 2 unspecified atom stereocenters. The van der Waals surface area contributed by atoms with Crippen LogP contribution in [0.25, 0.3) is 0 Å². The van der Waals surface area contributed by atoms with Crippen molar-refractivity contribution in [1.29, 1.82) is 0 Å². The van der Waals surface area contributed by atoms with Crippen molar-refractivity contribution in [2.45, 2.75) is 37.7 Å². The molecule has 2 heterocycles. The summed E-state index contributed by atoms with van der Waals surface area (Å²) >= 11 is 3.22. The Morgan fingerprint density at radius 1 is 1.23 bits per heavy atom. The third kappa shape index (κ3) is 3.62. The molecule has 1 amide bonds. The van der Waals surface area contributed by atoms with Crippen LogP contribution >= 0.6 is 15.9 Å². The molecule has 26 heavy (non-hydrogen) atoms. The molecule has 2 aromatic carbocycles. The number of carbonyl (C=O) groups is 1. The maximum absolute atomic E-state index is 14.4. The van der Waals surface area contributed by atoms with Crippen molar-refractivity contribution in [3.05, 3.63) is 69.9 Å². The number of hydrogen-bond acceptors (Lipinski definition) is 3. The third-order valence-corrected chi connectivity index (χ3v) is 5.57. The first-order valence-electron chi connectivity index (χ1n) is 8.69. The van der Waals surface area contributed by atoms with Gasteiger partial charge in [-0.15, -0.1) is 0 Å². The first-order valence-corrected chi connectivity index (χ1v) is 9.48. The van der Waals surface area contributed by atoms with Gasteiger partial charge in [0.1, 0.15) is 18.5 Å². The number of amides is 1. The number of benzene rings is 2. The van der Waals surface area contributed by atoms with Crippen LogP contribution in [0.4, 0.5) is 9.18 Å². The summed E-state index contributed by atoms with van der Waals surface area (Å²) in [5, 5.41) is 0. The molecule has 2 aliphatic heterocycles. The van der Waals surface area contributed by atoms with Gasteiger partial charge in [-0.3, -0.25) is 0 Å². The molecule has 0 bridgehead atoms. The van der Waals surface area contributed by atoms with E-state index in [0.29, 0.717) is 23.0 Å². The number of epoxide rings is 1. The molecule has 0 N–H and O–H groups in total. The molecule has 4 rings (SSSR count). The highest BCUT2D eigenvalue weighted by molar-refractivity contribution is 9.10. The van der Waals surface area contributed by atoms with E-state index in [9.17, 15) is 9.18 Å². The van der Waals surface area contributed by atoms with Gasteiger partial charge < -0.3 is 14.4 Å². The van der Waals surface area contributed by atoms with Crippen LogP contribution in [0, 0.1) is 5.82 Å². The smallest absolute Gasteiger partial charge is 0.410 e. The van der Waals surface area contributed by atoms with E-state index in [-0.39, 0.29) is 36.8 Å². The van der Waals surface area contributed by atoms with Crippen molar-refractivity contribution in [2.75, 3.05) is 6.54 Å². The number of ether oxygens (including phenoxy) is 2. The van der Waals surface area contributed by atoms with Crippen LogP contribution in [0.15, 0.2) is 53.0 Å². The lowest BCUT2D eigenvalue weighted by Gasteiger charge is -2.33. The lowest BCUT2D eigenvalue weighted by molar-refractivity contribution is 0.0714. The number of nitrogens with zero attached hydrogens (tertiary/aromatic N) is 1. The van der Waals surface area contributed by atoms with Crippen LogP contribution in [-0.4, -0.2) is 35.8 Å². The van der Waals surface area contributed by atoms with Crippen molar-refractivity contribution in [2.24, 2.45) is 0 Å². The minimum atomic E-state index is -0.372. The summed E-state index contributed by atoms with van der Waals surface area (Å²) in [7, 11) is 0. The standard InChI is InChI=1S/C20H19BrFNO3/c21-15-8-4-7-14(18(15)22)11-16-19-17(26-19)9-10-23(16)20(24)25-12-13-5-2-1-3-6-13/h1-8,16-17,19H,9-12H2/t16?,17-,19?/m0/s1. The van der Waals surface area contributed by atoms with E-state index in [1.165, 1.54) is 0 Å². The van der Waals surface area contributed by atoms with Crippen LogP contribution in [0.3, 0.4) is 0 Å². The summed E-state index contributed by atoms with van der Waals surface area (Å²) < 4.78 is 26.0. The van der Waals surface area contributed by atoms with Crippen LogP contribution in [0.2, 0.25) is 0 Å². The average molecular weight is 420 g/mol. The molecule has 6 heteroatoms. The molecule has 2 saturated heterocycles. The van der Waals surface area contributed by atoms with E-state index >= 15 is 0 Å². The Hall–Kier alpha value is -1.92. The molecule has 4 nitrogen and oxygen atoms in total. The summed E-state index contributed by atoms with van der Waals surface area (Å²) in [6, 6.07) is 14.6. The molecule has 0 radical (unpaired) electrons. The first-order chi connectivity index (χ1) is 12.6. The fourth-order valence-electron chi connectivity index (χ4n) is 3.52. The number of halogens is 2. The van der Waals surface area contributed by atoms with Crippen molar-refractivity contribution in [3.63, 3.8) is 0 Å². The topological polar surface area (TPSA) is 42.1 Å². The predicted molar refractivity (Wildman–Crippen MR) is 98.2 cm³/mol. The van der Waals surface area contributed by atoms with Crippen molar-refractivity contribution in [3.8, 4) is 0 Å². The summed E-state index contributed by atoms with van der Waals surface area (Å²) in [5.41, 5.74) is 1.51. The molecule has 2 aliphatic rings. The summed E-state index contributed by atoms with van der Waals surface area (Å²) in [6.45, 7) is 0.790. The fraction of sp³-hybridized carbons (Fsp3) is 0.350. The Balaban J connectivity index is 1.46. The Morgan fingerprint density at radius 2 is 2.04 bits per heavy atom. The zero-order chi connectivity index (χ0) is 18.1. The van der Waals surface area contributed by atoms with Gasteiger partial charge in [0.15, 0.2) is 0 Å². The van der Waals surface area contributed by atoms with E-state index in [0.717, 1.165) is 12.0 Å². The zero-order valence-electron chi connectivity index (χ0n) is 14.1. The number of fused-ring (bicyclic) bond motifs is 1. The lowest BCUT2D eigenvalue weighted by atomic mass is 9.95. The van der Waals surface area contributed by atoms with E-state index in [1.54, 1.807) is 23.1 Å². The van der Waals surface area contributed by atoms with Crippen molar-refractivity contribution < 1.29 is 18.7 Å². The van der Waals surface area contributed by atoms with E-state index < -0.39 is 0 Å². The third-order valence-electron chi connectivity index (χ3n) is 4.96. The molecule has 3 atom stereocenters. The van der Waals surface area contributed by atoms with Crippen molar-refractivity contribution >= 4 is 22.0 Å². The van der Waals surface area contributed by atoms with E-state index in [1.807, 2.05) is 30.3 Å². The molecule has 0 spiro atoms. The Labute approximate surface area is 160 Å². The van der Waals surface area contributed by atoms with Gasteiger partial charge in [0.25, 0.3) is 0 Å². The second-order valence-corrected chi connectivity index (χ2v) is 7.50. The van der Waals surface area contributed by atoms with Gasteiger partial charge in [0.2, 0.25) is 0 Å². The molecular formula is C20H19BrFNO3. The van der Waals surface area contributed by atoms with Gasteiger partial charge >= 0.3 is 6.09 Å². The normalized spacial score (nSPS) is 24.1. The molecule has 2 fully saturated rings. The van der Waals surface area contributed by atoms with Gasteiger partial charge in [-0.05, 0) is 46.0 Å². The summed E-state index contributed by atoms with van der Waals surface area (Å²) in [4.78, 5) is 14.3. The lowest BCUT2D eigenvalue weighted by Crippen LogP contribution is -2.49. The largest absolute Gasteiger partial charge is 0.445 e. The number of carbonyl (C=O) groups excluding carboxylic acids is 1. The van der Waals surface area contributed by atoms with Crippen LogP contribution in [0.5, 0.6) is 0 Å². The van der Waals surface area contributed by atoms with Gasteiger partial charge in [0.05, 0.1) is 16.6 Å². The predicted octanol–water partition coefficient (Wildman–Crippen LogP) is 4.31. The average Bonchev–Trinajstić information content (AvgIpc) is 3.45. The maximum atomic E-state index is 14.4. The second-order valence-electron chi connectivity index (χ2n) is 6.65. The molecular weight excluding hydrogens is 401 g/mol. The first kappa shape index (κ1) is 17.5. The van der Waals surface area contributed by atoms with Crippen LogP contribution in [-0.2, 0) is 22.5 Å². The Bertz CT molecular complexity index is 801.